The Morgan fingerprint density at radius 2 is 1.62 bits per heavy atom. The van der Waals surface area contributed by atoms with Crippen molar-refractivity contribution >= 4 is 17.7 Å². The van der Waals surface area contributed by atoms with Crippen molar-refractivity contribution in [3.05, 3.63) is 35.9 Å². The molecule has 24 heavy (non-hydrogen) atoms. The van der Waals surface area contributed by atoms with Crippen LogP contribution < -0.4 is 16.1 Å². The van der Waals surface area contributed by atoms with Crippen LogP contribution in [-0.2, 0) is 20.9 Å². The Morgan fingerprint density at radius 3 is 2.17 bits per heavy atom. The molecule has 0 radical (unpaired) electrons. The van der Waals surface area contributed by atoms with Crippen molar-refractivity contribution in [3.8, 4) is 0 Å². The zero-order valence-electron chi connectivity index (χ0n) is 14.2. The van der Waals surface area contributed by atoms with Crippen molar-refractivity contribution in [2.75, 3.05) is 0 Å². The van der Waals surface area contributed by atoms with Gasteiger partial charge in [0.05, 0.1) is 0 Å². The van der Waals surface area contributed by atoms with Gasteiger partial charge in [-0.1, -0.05) is 44.2 Å². The topological polar surface area (TPSA) is 108 Å². The second kappa shape index (κ2) is 9.67. The van der Waals surface area contributed by atoms with Crippen LogP contribution in [0.5, 0.6) is 0 Å². The first kappa shape index (κ1) is 19.6. The van der Waals surface area contributed by atoms with Crippen LogP contribution >= 0.6 is 0 Å². The van der Waals surface area contributed by atoms with Gasteiger partial charge in [-0.25, -0.2) is 5.48 Å². The van der Waals surface area contributed by atoms with Gasteiger partial charge in [-0.05, 0) is 24.8 Å². The summed E-state index contributed by atoms with van der Waals surface area (Å²) in [6.45, 7) is 5.62. The highest BCUT2D eigenvalue weighted by Gasteiger charge is 2.29. The first-order valence-corrected chi connectivity index (χ1v) is 7.91. The van der Waals surface area contributed by atoms with Crippen LogP contribution in [0.3, 0.4) is 0 Å². The predicted octanol–water partition coefficient (Wildman–Crippen LogP) is 0.975. The number of hydrogen-bond acceptors (Lipinski definition) is 4. The molecule has 0 aliphatic carbocycles. The summed E-state index contributed by atoms with van der Waals surface area (Å²) < 4.78 is 0. The maximum Gasteiger partial charge on any atom is 0.255 e. The van der Waals surface area contributed by atoms with Gasteiger partial charge in [0.15, 0.2) is 0 Å². The predicted molar refractivity (Wildman–Crippen MR) is 88.8 cm³/mol. The molecule has 0 aliphatic rings. The second-order valence-corrected chi connectivity index (χ2v) is 6.09. The molecule has 0 fully saturated rings. The Hall–Kier alpha value is -2.41. The zero-order valence-corrected chi connectivity index (χ0v) is 14.2. The van der Waals surface area contributed by atoms with Gasteiger partial charge in [-0.2, -0.15) is 0 Å². The van der Waals surface area contributed by atoms with Crippen LogP contribution in [0.4, 0.5) is 0 Å². The van der Waals surface area contributed by atoms with E-state index in [4.69, 9.17) is 5.21 Å². The maximum atomic E-state index is 12.2. The largest absolute Gasteiger partial charge is 0.350 e. The van der Waals surface area contributed by atoms with Crippen LogP contribution in [0, 0.1) is 11.8 Å². The summed E-state index contributed by atoms with van der Waals surface area (Å²) in [6.07, 6.45) is 0.274. The Labute approximate surface area is 141 Å². The van der Waals surface area contributed by atoms with Crippen molar-refractivity contribution < 1.29 is 19.6 Å². The quantitative estimate of drug-likeness (QED) is 0.323. The van der Waals surface area contributed by atoms with Gasteiger partial charge >= 0.3 is 0 Å². The summed E-state index contributed by atoms with van der Waals surface area (Å²) in [5.41, 5.74) is 2.45. The molecule has 0 unspecified atom stereocenters. The lowest BCUT2D eigenvalue weighted by atomic mass is 9.95. The lowest BCUT2D eigenvalue weighted by Crippen LogP contribution is -2.49. The Kier molecular flexibility index (Phi) is 7.91. The zero-order chi connectivity index (χ0) is 18.1. The van der Waals surface area contributed by atoms with Crippen molar-refractivity contribution in [1.82, 2.24) is 16.1 Å². The minimum absolute atomic E-state index is 0.0836. The van der Waals surface area contributed by atoms with Crippen LogP contribution in [0.1, 0.15) is 32.8 Å². The molecule has 0 aliphatic heterocycles. The fourth-order valence-corrected chi connectivity index (χ4v) is 2.20. The summed E-state index contributed by atoms with van der Waals surface area (Å²) in [5, 5.41) is 14.0. The van der Waals surface area contributed by atoms with E-state index in [1.54, 1.807) is 6.92 Å². The molecule has 0 aromatic heterocycles. The molecule has 0 spiro atoms. The lowest BCUT2D eigenvalue weighted by molar-refractivity contribution is -0.142. The van der Waals surface area contributed by atoms with E-state index in [0.717, 1.165) is 5.56 Å². The minimum atomic E-state index is -1.04. The number of nitrogens with one attached hydrogen (secondary N) is 3. The van der Waals surface area contributed by atoms with Crippen molar-refractivity contribution in [3.63, 3.8) is 0 Å². The summed E-state index contributed by atoms with van der Waals surface area (Å²) in [6, 6.07) is 8.60. The van der Waals surface area contributed by atoms with Gasteiger partial charge in [-0.3, -0.25) is 19.6 Å². The number of hydroxylamine groups is 1. The van der Waals surface area contributed by atoms with E-state index in [1.807, 2.05) is 44.2 Å². The van der Waals surface area contributed by atoms with E-state index in [9.17, 15) is 14.4 Å². The van der Waals surface area contributed by atoms with Crippen LogP contribution in [0.25, 0.3) is 0 Å². The first-order chi connectivity index (χ1) is 11.3. The van der Waals surface area contributed by atoms with Crippen molar-refractivity contribution in [1.29, 1.82) is 0 Å². The third kappa shape index (κ3) is 6.37. The molecule has 1 rings (SSSR count). The molecule has 1 aromatic rings. The molecule has 4 N–H and O–H groups in total. The molecule has 132 valence electrons. The summed E-state index contributed by atoms with van der Waals surface area (Å²) >= 11 is 0. The number of rotatable bonds is 8. The number of benzene rings is 1. The molecule has 7 heteroatoms. The fraction of sp³-hybridized carbons (Fsp3) is 0.471. The van der Waals surface area contributed by atoms with E-state index in [2.05, 4.69) is 10.6 Å². The van der Waals surface area contributed by atoms with Gasteiger partial charge in [0.1, 0.15) is 12.0 Å². The molecule has 0 saturated heterocycles. The van der Waals surface area contributed by atoms with E-state index >= 15 is 0 Å². The summed E-state index contributed by atoms with van der Waals surface area (Å²) in [5.74, 6) is -2.67. The van der Waals surface area contributed by atoms with Crippen LogP contribution in [-0.4, -0.2) is 29.0 Å². The lowest BCUT2D eigenvalue weighted by Gasteiger charge is -2.20. The Morgan fingerprint density at radius 1 is 1.00 bits per heavy atom. The van der Waals surface area contributed by atoms with Gasteiger partial charge in [0.2, 0.25) is 11.8 Å². The number of carbonyl (C=O) groups excluding carboxylic acids is 3. The first-order valence-electron chi connectivity index (χ1n) is 7.91. The van der Waals surface area contributed by atoms with Crippen molar-refractivity contribution in [2.45, 2.75) is 39.8 Å². The van der Waals surface area contributed by atoms with Crippen LogP contribution in [0.15, 0.2) is 30.3 Å². The molecular weight excluding hydrogens is 310 g/mol. The van der Waals surface area contributed by atoms with E-state index in [-0.39, 0.29) is 18.2 Å². The van der Waals surface area contributed by atoms with Gasteiger partial charge in [0, 0.05) is 6.54 Å². The van der Waals surface area contributed by atoms with Crippen molar-refractivity contribution in [2.24, 2.45) is 11.8 Å². The molecule has 0 saturated carbocycles. The fourth-order valence-electron chi connectivity index (χ4n) is 2.20. The van der Waals surface area contributed by atoms with Gasteiger partial charge in [-0.15, -0.1) is 0 Å². The standard InChI is InChI=1S/C17H25N3O4/c1-11(2)9-14(17(23)20-24)16(22)19-12(3)15(21)18-10-13-7-5-4-6-8-13/h4-8,11-12,14,24H,9-10H2,1-3H3,(H,18,21)(H,19,22)(H,20,23)/t12-,14-/m1/s1. The van der Waals surface area contributed by atoms with E-state index in [1.165, 1.54) is 5.48 Å². The maximum absolute atomic E-state index is 12.2. The molecular formula is C17H25N3O4. The average molecular weight is 335 g/mol. The third-order valence-corrected chi connectivity index (χ3v) is 3.51. The molecule has 2 atom stereocenters. The smallest absolute Gasteiger partial charge is 0.255 e. The molecule has 0 heterocycles. The Balaban J connectivity index is 2.56. The third-order valence-electron chi connectivity index (χ3n) is 3.51. The molecule has 3 amide bonds. The average Bonchev–Trinajstić information content (AvgIpc) is 2.57. The minimum Gasteiger partial charge on any atom is -0.350 e. The van der Waals surface area contributed by atoms with Gasteiger partial charge in [0.25, 0.3) is 5.91 Å². The Bertz CT molecular complexity index is 560. The molecule has 7 nitrogen and oxygen atoms in total. The second-order valence-electron chi connectivity index (χ2n) is 6.09. The number of hydrogen-bond donors (Lipinski definition) is 4. The highest BCUT2D eigenvalue weighted by molar-refractivity contribution is 6.01. The summed E-state index contributed by atoms with van der Waals surface area (Å²) in [7, 11) is 0. The van der Waals surface area contributed by atoms with E-state index < -0.39 is 23.8 Å². The monoisotopic (exact) mass is 335 g/mol. The van der Waals surface area contributed by atoms with Gasteiger partial charge < -0.3 is 10.6 Å². The SMILES string of the molecule is CC(C)C[C@@H](C(=O)NO)C(=O)N[C@H](C)C(=O)NCc1ccccc1. The van der Waals surface area contributed by atoms with Crippen LogP contribution in [0.2, 0.25) is 0 Å². The molecule has 0 bridgehead atoms. The normalized spacial score (nSPS) is 13.0. The summed E-state index contributed by atoms with van der Waals surface area (Å²) in [4.78, 5) is 35.9. The highest BCUT2D eigenvalue weighted by atomic mass is 16.5. The number of carbonyl (C=O) groups is 3. The highest BCUT2D eigenvalue weighted by Crippen LogP contribution is 2.12. The molecule has 1 aromatic carbocycles. The number of amides is 3. The van der Waals surface area contributed by atoms with E-state index in [0.29, 0.717) is 6.54 Å².